The van der Waals surface area contributed by atoms with Crippen LogP contribution in [-0.2, 0) is 9.84 Å². The van der Waals surface area contributed by atoms with Gasteiger partial charge in [-0.2, -0.15) is 0 Å². The molecule has 2 aliphatic rings. The van der Waals surface area contributed by atoms with Crippen molar-refractivity contribution in [3.05, 3.63) is 0 Å². The summed E-state index contributed by atoms with van der Waals surface area (Å²) in [6.45, 7) is 11.5. The van der Waals surface area contributed by atoms with E-state index in [1.54, 1.807) is 0 Å². The summed E-state index contributed by atoms with van der Waals surface area (Å²) < 4.78 is 23.1. The molecule has 2 rings (SSSR count). The first kappa shape index (κ1) is 21.0. The fraction of sp³-hybridized carbons (Fsp3) is 0.938. The molecule has 0 amide bonds. The van der Waals surface area contributed by atoms with Crippen LogP contribution in [0.15, 0.2) is 4.99 Å². The average molecular weight is 457 g/mol. The molecule has 136 valence electrons. The van der Waals surface area contributed by atoms with E-state index in [4.69, 9.17) is 4.99 Å². The zero-order valence-electron chi connectivity index (χ0n) is 14.8. The summed E-state index contributed by atoms with van der Waals surface area (Å²) >= 11 is 0. The number of guanidine groups is 1. The van der Waals surface area contributed by atoms with Gasteiger partial charge in [-0.05, 0) is 44.4 Å². The van der Waals surface area contributed by atoms with E-state index in [0.29, 0.717) is 29.5 Å². The van der Waals surface area contributed by atoms with E-state index in [0.717, 1.165) is 25.5 Å². The van der Waals surface area contributed by atoms with Gasteiger partial charge in [-0.3, -0.25) is 4.99 Å². The van der Waals surface area contributed by atoms with Crippen molar-refractivity contribution >= 4 is 39.8 Å². The minimum absolute atomic E-state index is 0. The van der Waals surface area contributed by atoms with Crippen LogP contribution in [0.4, 0.5) is 0 Å². The van der Waals surface area contributed by atoms with Crippen molar-refractivity contribution in [2.24, 2.45) is 16.3 Å². The lowest BCUT2D eigenvalue weighted by atomic mass is 9.87. The van der Waals surface area contributed by atoms with Gasteiger partial charge in [-0.25, -0.2) is 8.42 Å². The Hall–Kier alpha value is -0.0500. The lowest BCUT2D eigenvalue weighted by Gasteiger charge is -2.27. The SMILES string of the molecule is CCC1(C)CCN(C(=NCC2CCS(=O)(=O)C2)NC(C)C)C1.I. The zero-order valence-corrected chi connectivity index (χ0v) is 18.0. The minimum atomic E-state index is -2.81. The first-order valence-electron chi connectivity index (χ1n) is 8.49. The van der Waals surface area contributed by atoms with E-state index in [1.807, 2.05) is 0 Å². The first-order chi connectivity index (χ1) is 10.2. The predicted molar refractivity (Wildman–Crippen MR) is 107 cm³/mol. The monoisotopic (exact) mass is 457 g/mol. The number of likely N-dealkylation sites (tertiary alicyclic amines) is 1. The quantitative estimate of drug-likeness (QED) is 0.401. The third-order valence-electron chi connectivity index (χ3n) is 4.95. The van der Waals surface area contributed by atoms with Crippen LogP contribution in [0.1, 0.15) is 47.0 Å². The van der Waals surface area contributed by atoms with Crippen molar-refractivity contribution in [3.8, 4) is 0 Å². The largest absolute Gasteiger partial charge is 0.354 e. The van der Waals surface area contributed by atoms with Crippen LogP contribution in [0.5, 0.6) is 0 Å². The Kier molecular flexibility index (Phi) is 7.63. The van der Waals surface area contributed by atoms with Gasteiger partial charge in [-0.15, -0.1) is 24.0 Å². The van der Waals surface area contributed by atoms with Crippen LogP contribution in [0.3, 0.4) is 0 Å². The van der Waals surface area contributed by atoms with E-state index in [2.05, 4.69) is 37.9 Å². The molecule has 0 aromatic rings. The molecule has 2 unspecified atom stereocenters. The van der Waals surface area contributed by atoms with Crippen LogP contribution in [0, 0.1) is 11.3 Å². The molecule has 0 aromatic heterocycles. The van der Waals surface area contributed by atoms with Crippen molar-refractivity contribution < 1.29 is 8.42 Å². The predicted octanol–water partition coefficient (Wildman–Crippen LogP) is 2.52. The highest BCUT2D eigenvalue weighted by molar-refractivity contribution is 14.0. The molecule has 2 aliphatic heterocycles. The van der Waals surface area contributed by atoms with Gasteiger partial charge in [0.05, 0.1) is 11.5 Å². The second-order valence-electron chi connectivity index (χ2n) is 7.57. The molecule has 0 bridgehead atoms. The molecule has 1 N–H and O–H groups in total. The molecule has 0 saturated carbocycles. The van der Waals surface area contributed by atoms with Gasteiger partial charge in [0.15, 0.2) is 15.8 Å². The standard InChI is InChI=1S/C16H31N3O2S.HI/c1-5-16(4)7-8-19(12-16)15(18-13(2)3)17-10-14-6-9-22(20,21)11-14;/h13-14H,5-12H2,1-4H3,(H,17,18);1H. The van der Waals surface area contributed by atoms with Gasteiger partial charge in [-0.1, -0.05) is 13.8 Å². The molecule has 0 aliphatic carbocycles. The van der Waals surface area contributed by atoms with E-state index >= 15 is 0 Å². The van der Waals surface area contributed by atoms with Gasteiger partial charge in [0.1, 0.15) is 0 Å². The average Bonchev–Trinajstić information content (AvgIpc) is 2.98. The second-order valence-corrected chi connectivity index (χ2v) is 9.80. The van der Waals surface area contributed by atoms with Gasteiger partial charge < -0.3 is 10.2 Å². The van der Waals surface area contributed by atoms with Crippen molar-refractivity contribution in [2.45, 2.75) is 53.0 Å². The summed E-state index contributed by atoms with van der Waals surface area (Å²) in [6, 6.07) is 0.333. The van der Waals surface area contributed by atoms with Crippen LogP contribution in [0.2, 0.25) is 0 Å². The van der Waals surface area contributed by atoms with Crippen LogP contribution < -0.4 is 5.32 Å². The number of nitrogens with zero attached hydrogens (tertiary/aromatic N) is 2. The highest BCUT2D eigenvalue weighted by Gasteiger charge is 2.34. The summed E-state index contributed by atoms with van der Waals surface area (Å²) in [5.74, 6) is 1.78. The maximum absolute atomic E-state index is 11.6. The molecule has 2 atom stereocenters. The molecule has 0 radical (unpaired) electrons. The smallest absolute Gasteiger partial charge is 0.194 e. The number of sulfone groups is 1. The normalized spacial score (nSPS) is 30.6. The molecule has 0 aromatic carbocycles. The Morgan fingerprint density at radius 1 is 1.43 bits per heavy atom. The summed E-state index contributed by atoms with van der Waals surface area (Å²) in [4.78, 5) is 7.10. The molecule has 23 heavy (non-hydrogen) atoms. The fourth-order valence-corrected chi connectivity index (χ4v) is 5.07. The molecule has 2 fully saturated rings. The Morgan fingerprint density at radius 2 is 2.13 bits per heavy atom. The Balaban J connectivity index is 0.00000264. The molecule has 5 nitrogen and oxygen atoms in total. The van der Waals surface area contributed by atoms with Gasteiger partial charge in [0.25, 0.3) is 0 Å². The molecule has 2 saturated heterocycles. The van der Waals surface area contributed by atoms with Crippen LogP contribution in [0.25, 0.3) is 0 Å². The number of aliphatic imine (C=N–C) groups is 1. The summed E-state index contributed by atoms with van der Waals surface area (Å²) in [5.41, 5.74) is 0.371. The molecular formula is C16H32IN3O2S. The Labute approximate surface area is 158 Å². The number of hydrogen-bond donors (Lipinski definition) is 1. The molecule has 7 heteroatoms. The summed E-state index contributed by atoms with van der Waals surface area (Å²) in [7, 11) is -2.81. The lowest BCUT2D eigenvalue weighted by Crippen LogP contribution is -2.44. The highest BCUT2D eigenvalue weighted by Crippen LogP contribution is 2.33. The molecule has 0 spiro atoms. The second kappa shape index (κ2) is 8.36. The number of nitrogens with one attached hydrogen (secondary N) is 1. The summed E-state index contributed by atoms with van der Waals surface area (Å²) in [6.07, 6.45) is 3.13. The number of hydrogen-bond acceptors (Lipinski definition) is 3. The highest BCUT2D eigenvalue weighted by atomic mass is 127. The summed E-state index contributed by atoms with van der Waals surface area (Å²) in [5, 5.41) is 3.45. The van der Waals surface area contributed by atoms with Crippen molar-refractivity contribution in [2.75, 3.05) is 31.1 Å². The van der Waals surface area contributed by atoms with Gasteiger partial charge >= 0.3 is 0 Å². The number of halogens is 1. The topological polar surface area (TPSA) is 61.8 Å². The molecular weight excluding hydrogens is 425 g/mol. The van der Waals surface area contributed by atoms with Gasteiger partial charge in [0, 0.05) is 25.7 Å². The lowest BCUT2D eigenvalue weighted by molar-refractivity contribution is 0.321. The van der Waals surface area contributed by atoms with Crippen LogP contribution in [-0.4, -0.2) is 56.5 Å². The van der Waals surface area contributed by atoms with E-state index < -0.39 is 9.84 Å². The van der Waals surface area contributed by atoms with Gasteiger partial charge in [0.2, 0.25) is 0 Å². The van der Waals surface area contributed by atoms with Crippen molar-refractivity contribution in [1.82, 2.24) is 10.2 Å². The maximum Gasteiger partial charge on any atom is 0.194 e. The third-order valence-corrected chi connectivity index (χ3v) is 6.79. The maximum atomic E-state index is 11.6. The first-order valence-corrected chi connectivity index (χ1v) is 10.3. The zero-order chi connectivity index (χ0) is 16.4. The number of rotatable bonds is 4. The third kappa shape index (κ3) is 6.07. The minimum Gasteiger partial charge on any atom is -0.354 e. The Morgan fingerprint density at radius 3 is 2.61 bits per heavy atom. The van der Waals surface area contributed by atoms with Crippen molar-refractivity contribution in [3.63, 3.8) is 0 Å². The van der Waals surface area contributed by atoms with Crippen molar-refractivity contribution in [1.29, 1.82) is 0 Å². The Bertz CT molecular complexity index is 521. The van der Waals surface area contributed by atoms with E-state index in [1.165, 1.54) is 12.8 Å². The van der Waals surface area contributed by atoms with Crippen LogP contribution >= 0.6 is 24.0 Å². The fourth-order valence-electron chi connectivity index (χ4n) is 3.22. The van der Waals surface area contributed by atoms with E-state index in [9.17, 15) is 8.42 Å². The van der Waals surface area contributed by atoms with E-state index in [-0.39, 0.29) is 29.9 Å². The molecule has 2 heterocycles.